The van der Waals surface area contributed by atoms with Crippen molar-refractivity contribution in [3.63, 3.8) is 0 Å². The third-order valence-electron chi connectivity index (χ3n) is 2.96. The van der Waals surface area contributed by atoms with E-state index in [-0.39, 0.29) is 23.4 Å². The molecule has 1 rings (SSSR count). The van der Waals surface area contributed by atoms with E-state index in [0.717, 1.165) is 12.1 Å². The Kier molecular flexibility index (Phi) is 4.96. The number of rotatable bonds is 6. The molecule has 0 spiro atoms. The van der Waals surface area contributed by atoms with Gasteiger partial charge in [0.15, 0.2) is 0 Å². The fraction of sp³-hybridized carbons (Fsp3) is 0.500. The number of Topliss-reactive ketones (excluding diaryl/α,β-unsaturated/α-hetero) is 1. The summed E-state index contributed by atoms with van der Waals surface area (Å²) in [4.78, 5) is 11.7. The van der Waals surface area contributed by atoms with Crippen molar-refractivity contribution in [2.45, 2.75) is 38.7 Å². The lowest BCUT2D eigenvalue weighted by Crippen LogP contribution is -2.23. The van der Waals surface area contributed by atoms with Crippen LogP contribution in [0.25, 0.3) is 0 Å². The monoisotopic (exact) mass is 256 g/mol. The number of ketones is 1. The highest BCUT2D eigenvalue weighted by molar-refractivity contribution is 5.80. The highest BCUT2D eigenvalue weighted by Crippen LogP contribution is 2.17. The molecule has 0 radical (unpaired) electrons. The zero-order valence-electron chi connectivity index (χ0n) is 10.9. The predicted octanol–water partition coefficient (Wildman–Crippen LogP) is 3.28. The topological polar surface area (TPSA) is 26.3 Å². The van der Waals surface area contributed by atoms with Crippen molar-refractivity contribution in [2.24, 2.45) is 0 Å². The van der Waals surface area contributed by atoms with Crippen LogP contribution in [0.2, 0.25) is 0 Å². The van der Waals surface area contributed by atoms with Crippen molar-refractivity contribution in [3.05, 3.63) is 35.4 Å². The van der Waals surface area contributed by atoms with E-state index in [1.807, 2.05) is 13.8 Å². The van der Waals surface area contributed by atoms with E-state index in [4.69, 9.17) is 4.74 Å². The zero-order valence-corrected chi connectivity index (χ0v) is 10.9. The maximum atomic E-state index is 13.3. The van der Waals surface area contributed by atoms with Gasteiger partial charge in [-0.1, -0.05) is 6.07 Å². The molecule has 4 heteroatoms. The van der Waals surface area contributed by atoms with Crippen LogP contribution >= 0.6 is 0 Å². The molecule has 0 bridgehead atoms. The maximum Gasteiger partial charge on any atom is 0.137 e. The van der Waals surface area contributed by atoms with Crippen LogP contribution in [-0.4, -0.2) is 18.5 Å². The third-order valence-corrected chi connectivity index (χ3v) is 2.96. The first kappa shape index (κ1) is 14.8. The van der Waals surface area contributed by atoms with Gasteiger partial charge in [0.05, 0.1) is 5.60 Å². The molecule has 0 saturated heterocycles. The Hall–Kier alpha value is -1.29. The Bertz CT molecular complexity index is 428. The normalized spacial score (nSPS) is 11.6. The van der Waals surface area contributed by atoms with E-state index < -0.39 is 11.6 Å². The van der Waals surface area contributed by atoms with Crippen molar-refractivity contribution in [1.29, 1.82) is 0 Å². The summed E-state index contributed by atoms with van der Waals surface area (Å²) < 4.78 is 31.2. The highest BCUT2D eigenvalue weighted by Gasteiger charge is 2.18. The molecule has 0 aliphatic rings. The fourth-order valence-electron chi connectivity index (χ4n) is 1.51. The van der Waals surface area contributed by atoms with Gasteiger partial charge >= 0.3 is 0 Å². The molecular formula is C14H18F2O2. The molecule has 0 atom stereocenters. The molecule has 0 aliphatic heterocycles. The summed E-state index contributed by atoms with van der Waals surface area (Å²) in [5.41, 5.74) is -0.131. The lowest BCUT2D eigenvalue weighted by molar-refractivity contribution is -0.119. The van der Waals surface area contributed by atoms with Crippen LogP contribution in [0.5, 0.6) is 0 Å². The first-order valence-corrected chi connectivity index (χ1v) is 5.85. The number of halogens is 2. The van der Waals surface area contributed by atoms with Gasteiger partial charge in [-0.15, -0.1) is 0 Å². The summed E-state index contributed by atoms with van der Waals surface area (Å²) in [6, 6.07) is 3.26. The van der Waals surface area contributed by atoms with Gasteiger partial charge < -0.3 is 4.74 Å². The Labute approximate surface area is 106 Å². The minimum Gasteiger partial charge on any atom is -0.379 e. The molecule has 0 heterocycles. The fourth-order valence-corrected chi connectivity index (χ4v) is 1.51. The van der Waals surface area contributed by atoms with Crippen LogP contribution < -0.4 is 0 Å². The third kappa shape index (κ3) is 4.53. The van der Waals surface area contributed by atoms with E-state index in [1.165, 1.54) is 6.07 Å². The van der Waals surface area contributed by atoms with Crippen molar-refractivity contribution in [3.8, 4) is 0 Å². The van der Waals surface area contributed by atoms with Crippen LogP contribution in [0.3, 0.4) is 0 Å². The van der Waals surface area contributed by atoms with Crippen LogP contribution in [-0.2, 0) is 16.0 Å². The number of hydrogen-bond donors (Lipinski definition) is 0. The smallest absolute Gasteiger partial charge is 0.137 e. The van der Waals surface area contributed by atoms with E-state index in [1.54, 1.807) is 7.11 Å². The van der Waals surface area contributed by atoms with Crippen LogP contribution in [0.1, 0.15) is 32.3 Å². The van der Waals surface area contributed by atoms with Crippen LogP contribution in [0.4, 0.5) is 8.78 Å². The molecule has 1 aromatic rings. The summed E-state index contributed by atoms with van der Waals surface area (Å²) in [5, 5.41) is 0. The van der Waals surface area contributed by atoms with Crippen LogP contribution in [0, 0.1) is 11.6 Å². The number of benzene rings is 1. The van der Waals surface area contributed by atoms with Crippen molar-refractivity contribution in [2.75, 3.05) is 7.11 Å². The second-order valence-electron chi connectivity index (χ2n) is 4.92. The van der Waals surface area contributed by atoms with Crippen molar-refractivity contribution in [1.82, 2.24) is 0 Å². The van der Waals surface area contributed by atoms with Gasteiger partial charge in [0.1, 0.15) is 17.4 Å². The Morgan fingerprint density at radius 2 is 2.00 bits per heavy atom. The Balaban J connectivity index is 2.55. The van der Waals surface area contributed by atoms with Crippen molar-refractivity contribution < 1.29 is 18.3 Å². The summed E-state index contributed by atoms with van der Waals surface area (Å²) >= 11 is 0. The van der Waals surface area contributed by atoms with E-state index in [2.05, 4.69) is 0 Å². The number of hydrogen-bond acceptors (Lipinski definition) is 2. The molecule has 0 unspecified atom stereocenters. The molecule has 1 aromatic carbocycles. The van der Waals surface area contributed by atoms with Gasteiger partial charge in [-0.2, -0.15) is 0 Å². The SMILES string of the molecule is COC(C)(C)CCC(=O)Cc1ccc(F)cc1F. The quantitative estimate of drug-likeness (QED) is 0.780. The molecule has 18 heavy (non-hydrogen) atoms. The molecule has 0 aromatic heterocycles. The molecule has 0 saturated carbocycles. The average molecular weight is 256 g/mol. The van der Waals surface area contributed by atoms with Crippen molar-refractivity contribution >= 4 is 5.78 Å². The minimum absolute atomic E-state index is 0.00803. The predicted molar refractivity (Wildman–Crippen MR) is 65.4 cm³/mol. The van der Waals surface area contributed by atoms with Gasteiger partial charge in [0.2, 0.25) is 0 Å². The second-order valence-corrected chi connectivity index (χ2v) is 4.92. The molecule has 0 N–H and O–H groups in total. The lowest BCUT2D eigenvalue weighted by atomic mass is 9.98. The molecule has 100 valence electrons. The molecule has 0 amide bonds. The first-order chi connectivity index (χ1) is 8.34. The zero-order chi connectivity index (χ0) is 13.8. The van der Waals surface area contributed by atoms with Gasteiger partial charge in [-0.25, -0.2) is 8.78 Å². The second kappa shape index (κ2) is 6.05. The standard InChI is InChI=1S/C14H18F2O2/c1-14(2,18-3)7-6-12(17)8-10-4-5-11(15)9-13(10)16/h4-5,9H,6-8H2,1-3H3. The van der Waals surface area contributed by atoms with E-state index in [9.17, 15) is 13.6 Å². The number of methoxy groups -OCH3 is 1. The van der Waals surface area contributed by atoms with Gasteiger partial charge in [-0.3, -0.25) is 4.79 Å². The summed E-state index contributed by atoms with van der Waals surface area (Å²) in [7, 11) is 1.59. The largest absolute Gasteiger partial charge is 0.379 e. The van der Waals surface area contributed by atoms with Crippen LogP contribution in [0.15, 0.2) is 18.2 Å². The number of carbonyl (C=O) groups excluding carboxylic acids is 1. The van der Waals surface area contributed by atoms with Gasteiger partial charge in [-0.05, 0) is 31.9 Å². The number of carbonyl (C=O) groups is 1. The molecule has 0 fully saturated rings. The summed E-state index contributed by atoms with van der Waals surface area (Å²) in [5.74, 6) is -1.38. The summed E-state index contributed by atoms with van der Waals surface area (Å²) in [6.45, 7) is 3.78. The average Bonchev–Trinajstić information content (AvgIpc) is 2.30. The highest BCUT2D eigenvalue weighted by atomic mass is 19.1. The molecule has 0 aliphatic carbocycles. The van der Waals surface area contributed by atoms with Gasteiger partial charge in [0, 0.05) is 26.0 Å². The first-order valence-electron chi connectivity index (χ1n) is 5.85. The Morgan fingerprint density at radius 1 is 1.33 bits per heavy atom. The van der Waals surface area contributed by atoms with E-state index in [0.29, 0.717) is 12.8 Å². The summed E-state index contributed by atoms with van der Waals surface area (Å²) in [6.07, 6.45) is 0.884. The maximum absolute atomic E-state index is 13.3. The van der Waals surface area contributed by atoms with Gasteiger partial charge in [0.25, 0.3) is 0 Å². The Morgan fingerprint density at radius 3 is 2.56 bits per heavy atom. The van der Waals surface area contributed by atoms with E-state index >= 15 is 0 Å². The molecular weight excluding hydrogens is 238 g/mol. The number of ether oxygens (including phenoxy) is 1. The minimum atomic E-state index is -0.672. The molecule has 2 nitrogen and oxygen atoms in total. The lowest BCUT2D eigenvalue weighted by Gasteiger charge is -2.22.